The van der Waals surface area contributed by atoms with Gasteiger partial charge in [-0.05, 0) is 35.1 Å². The molecular weight excluding hydrogens is 345 g/mol. The van der Waals surface area contributed by atoms with Crippen LogP contribution in [0.5, 0.6) is 0 Å². The van der Waals surface area contributed by atoms with Gasteiger partial charge < -0.3 is 10.7 Å². The van der Waals surface area contributed by atoms with Crippen LogP contribution in [0.1, 0.15) is 6.42 Å². The van der Waals surface area contributed by atoms with Gasteiger partial charge in [0, 0.05) is 22.7 Å². The molecule has 0 aromatic carbocycles. The highest BCUT2D eigenvalue weighted by atomic mass is 127. The fraction of sp³-hybridized carbons (Fsp3) is 0.364. The second-order valence-electron chi connectivity index (χ2n) is 4.37. The summed E-state index contributed by atoms with van der Waals surface area (Å²) in [6.45, 7) is 1.17. The molecule has 0 saturated carbocycles. The summed E-state index contributed by atoms with van der Waals surface area (Å²) >= 11 is 2.21. The molecule has 1 aliphatic rings. The number of H-pyrrole nitrogens is 1. The first-order valence-electron chi connectivity index (χ1n) is 5.68. The van der Waals surface area contributed by atoms with E-state index in [-0.39, 0.29) is 11.8 Å². The summed E-state index contributed by atoms with van der Waals surface area (Å²) in [4.78, 5) is 25.2. The van der Waals surface area contributed by atoms with Gasteiger partial charge in [0.2, 0.25) is 5.91 Å². The number of nitrogens with one attached hydrogen (secondary N) is 1. The lowest BCUT2D eigenvalue weighted by atomic mass is 10.1. The first-order valence-corrected chi connectivity index (χ1v) is 6.76. The zero-order chi connectivity index (χ0) is 12.7. The number of carbonyl (C=O) groups is 1. The summed E-state index contributed by atoms with van der Waals surface area (Å²) in [7, 11) is 0. The number of hydrogen-bond acceptors (Lipinski definition) is 4. The second-order valence-corrected chi connectivity index (χ2v) is 5.53. The maximum atomic E-state index is 12.0. The van der Waals surface area contributed by atoms with Gasteiger partial charge in [-0.2, -0.15) is 0 Å². The summed E-state index contributed by atoms with van der Waals surface area (Å²) in [5.41, 5.74) is 6.40. The number of nitrogens with zero attached hydrogens (tertiary/aromatic N) is 3. The molecule has 1 fully saturated rings. The van der Waals surface area contributed by atoms with Crippen molar-refractivity contribution in [2.24, 2.45) is 11.7 Å². The molecule has 7 heteroatoms. The number of nitrogens with two attached hydrogens (primary N) is 1. The van der Waals surface area contributed by atoms with E-state index in [1.165, 1.54) is 6.33 Å². The molecule has 3 heterocycles. The van der Waals surface area contributed by atoms with E-state index in [9.17, 15) is 4.79 Å². The minimum absolute atomic E-state index is 0.0856. The van der Waals surface area contributed by atoms with Crippen LogP contribution in [0.25, 0.3) is 11.0 Å². The van der Waals surface area contributed by atoms with Crippen molar-refractivity contribution in [2.45, 2.75) is 6.42 Å². The molecule has 3 rings (SSSR count). The molecule has 2 aromatic heterocycles. The highest BCUT2D eigenvalue weighted by Gasteiger charge is 2.32. The van der Waals surface area contributed by atoms with Crippen molar-refractivity contribution in [3.63, 3.8) is 0 Å². The lowest BCUT2D eigenvalue weighted by Crippen LogP contribution is -2.27. The van der Waals surface area contributed by atoms with Crippen LogP contribution < -0.4 is 10.6 Å². The molecule has 1 amide bonds. The van der Waals surface area contributed by atoms with Gasteiger partial charge >= 0.3 is 0 Å². The lowest BCUT2D eigenvalue weighted by Gasteiger charge is -2.16. The van der Waals surface area contributed by atoms with Crippen molar-refractivity contribution in [1.82, 2.24) is 15.0 Å². The fourth-order valence-electron chi connectivity index (χ4n) is 2.26. The second kappa shape index (κ2) is 4.47. The summed E-state index contributed by atoms with van der Waals surface area (Å²) in [6, 6.07) is 0. The van der Waals surface area contributed by atoms with Crippen molar-refractivity contribution < 1.29 is 4.79 Å². The molecule has 3 N–H and O–H groups in total. The minimum Gasteiger partial charge on any atom is -0.345 e. The van der Waals surface area contributed by atoms with Gasteiger partial charge in [0.05, 0.1) is 5.39 Å². The minimum atomic E-state index is 0.0856. The molecule has 18 heavy (non-hydrogen) atoms. The Kier molecular flexibility index (Phi) is 2.94. The smallest absolute Gasteiger partial charge is 0.228 e. The highest BCUT2D eigenvalue weighted by Crippen LogP contribution is 2.31. The van der Waals surface area contributed by atoms with Crippen molar-refractivity contribution in [3.05, 3.63) is 16.1 Å². The van der Waals surface area contributed by atoms with Crippen LogP contribution >= 0.6 is 22.6 Å². The Balaban J connectivity index is 2.09. The SMILES string of the molecule is NCC1CC(=O)N(c2ncnc3[nH]cc(I)c23)C1. The first-order chi connectivity index (χ1) is 8.70. The summed E-state index contributed by atoms with van der Waals surface area (Å²) in [5.74, 6) is 0.994. The number of amides is 1. The summed E-state index contributed by atoms with van der Waals surface area (Å²) < 4.78 is 1.02. The van der Waals surface area contributed by atoms with Crippen molar-refractivity contribution >= 4 is 45.3 Å². The number of fused-ring (bicyclic) bond motifs is 1. The maximum absolute atomic E-state index is 12.0. The van der Waals surface area contributed by atoms with Crippen LogP contribution in [0.2, 0.25) is 0 Å². The van der Waals surface area contributed by atoms with Crippen LogP contribution in [0.4, 0.5) is 5.82 Å². The van der Waals surface area contributed by atoms with Gasteiger partial charge in [-0.1, -0.05) is 0 Å². The predicted molar refractivity (Wildman–Crippen MR) is 76.1 cm³/mol. The van der Waals surface area contributed by atoms with Crippen LogP contribution in [0.3, 0.4) is 0 Å². The average molecular weight is 357 g/mol. The van der Waals surface area contributed by atoms with E-state index in [0.29, 0.717) is 25.3 Å². The molecule has 1 saturated heterocycles. The topological polar surface area (TPSA) is 87.9 Å². The Bertz CT molecular complexity index is 610. The maximum Gasteiger partial charge on any atom is 0.228 e. The third-order valence-electron chi connectivity index (χ3n) is 3.20. The molecule has 1 unspecified atom stereocenters. The lowest BCUT2D eigenvalue weighted by molar-refractivity contribution is -0.117. The van der Waals surface area contributed by atoms with Crippen molar-refractivity contribution in [2.75, 3.05) is 18.0 Å². The molecule has 0 radical (unpaired) electrons. The van der Waals surface area contributed by atoms with Crippen LogP contribution in [-0.4, -0.2) is 33.9 Å². The Morgan fingerprint density at radius 2 is 2.39 bits per heavy atom. The van der Waals surface area contributed by atoms with E-state index >= 15 is 0 Å². The number of carbonyl (C=O) groups excluding carboxylic acids is 1. The van der Waals surface area contributed by atoms with E-state index in [4.69, 9.17) is 5.73 Å². The number of anilines is 1. The average Bonchev–Trinajstić information content (AvgIpc) is 2.93. The third-order valence-corrected chi connectivity index (χ3v) is 4.05. The third kappa shape index (κ3) is 1.77. The largest absolute Gasteiger partial charge is 0.345 e. The van der Waals surface area contributed by atoms with Gasteiger partial charge in [0.15, 0.2) is 0 Å². The molecule has 2 aromatic rings. The van der Waals surface area contributed by atoms with Gasteiger partial charge in [-0.25, -0.2) is 9.97 Å². The Hall–Kier alpha value is -1.22. The van der Waals surface area contributed by atoms with E-state index < -0.39 is 0 Å². The fourth-order valence-corrected chi connectivity index (χ4v) is 2.91. The van der Waals surface area contributed by atoms with Crippen LogP contribution in [0, 0.1) is 9.49 Å². The molecule has 94 valence electrons. The number of halogens is 1. The monoisotopic (exact) mass is 357 g/mol. The van der Waals surface area contributed by atoms with E-state index in [1.807, 2.05) is 6.20 Å². The number of rotatable bonds is 2. The molecule has 0 aliphatic carbocycles. The molecule has 1 aliphatic heterocycles. The van der Waals surface area contributed by atoms with Crippen molar-refractivity contribution in [1.29, 1.82) is 0 Å². The van der Waals surface area contributed by atoms with Gasteiger partial charge in [-0.15, -0.1) is 0 Å². The number of aromatic amines is 1. The normalized spacial score (nSPS) is 20.0. The Morgan fingerprint density at radius 3 is 3.11 bits per heavy atom. The zero-order valence-electron chi connectivity index (χ0n) is 9.56. The molecule has 6 nitrogen and oxygen atoms in total. The van der Waals surface area contributed by atoms with E-state index in [2.05, 4.69) is 37.5 Å². The van der Waals surface area contributed by atoms with E-state index in [0.717, 1.165) is 14.6 Å². The van der Waals surface area contributed by atoms with Crippen LogP contribution in [0.15, 0.2) is 12.5 Å². The Morgan fingerprint density at radius 1 is 1.56 bits per heavy atom. The van der Waals surface area contributed by atoms with Gasteiger partial charge in [0.1, 0.15) is 17.8 Å². The molecule has 0 spiro atoms. The first kappa shape index (κ1) is 11.8. The summed E-state index contributed by atoms with van der Waals surface area (Å²) in [5, 5.41) is 0.907. The molecule has 1 atom stereocenters. The van der Waals surface area contributed by atoms with Crippen molar-refractivity contribution in [3.8, 4) is 0 Å². The van der Waals surface area contributed by atoms with Crippen LogP contribution in [-0.2, 0) is 4.79 Å². The van der Waals surface area contributed by atoms with Gasteiger partial charge in [0.25, 0.3) is 0 Å². The number of hydrogen-bond donors (Lipinski definition) is 2. The molecule has 0 bridgehead atoms. The quantitative estimate of drug-likeness (QED) is 0.781. The number of aromatic nitrogens is 3. The van der Waals surface area contributed by atoms with E-state index in [1.54, 1.807) is 4.90 Å². The molecular formula is C11H12IN5O. The van der Waals surface area contributed by atoms with Gasteiger partial charge in [-0.3, -0.25) is 9.69 Å². The standard InChI is InChI=1S/C11H12IN5O/c12-7-3-14-10-9(7)11(16-5-15-10)17-4-6(2-13)1-8(17)18/h3,5-6H,1-2,4,13H2,(H,14,15,16). The highest BCUT2D eigenvalue weighted by molar-refractivity contribution is 14.1. The Labute approximate surface area is 117 Å². The summed E-state index contributed by atoms with van der Waals surface area (Å²) in [6.07, 6.45) is 3.85. The zero-order valence-corrected chi connectivity index (χ0v) is 11.7. The predicted octanol–water partition coefficient (Wildman–Crippen LogP) is 0.874.